The summed E-state index contributed by atoms with van der Waals surface area (Å²) in [6.45, 7) is 3.72. The Balaban J connectivity index is 1.63. The molecule has 1 atom stereocenters. The Morgan fingerprint density at radius 3 is 2.83 bits per heavy atom. The van der Waals surface area contributed by atoms with Gasteiger partial charge < -0.3 is 9.64 Å². The van der Waals surface area contributed by atoms with Crippen molar-refractivity contribution >= 4 is 12.0 Å². The molecule has 2 amide bonds. The smallest absolute Gasteiger partial charge is 0.324 e. The number of carbonyl (C=O) groups excluding carboxylic acids is 1. The van der Waals surface area contributed by atoms with Crippen molar-refractivity contribution in [1.82, 2.24) is 19.7 Å². The van der Waals surface area contributed by atoms with E-state index in [9.17, 15) is 4.79 Å². The molecule has 2 heterocycles. The van der Waals surface area contributed by atoms with Crippen molar-refractivity contribution < 1.29 is 9.53 Å². The van der Waals surface area contributed by atoms with Crippen LogP contribution in [0.25, 0.3) is 0 Å². The second kappa shape index (κ2) is 6.78. The number of anilines is 1. The molecular formula is C16H21N5O2. The maximum Gasteiger partial charge on any atom is 0.324 e. The molecule has 7 heteroatoms. The first-order valence-electron chi connectivity index (χ1n) is 7.77. The number of carbonyl (C=O) groups is 1. The van der Waals surface area contributed by atoms with Gasteiger partial charge in [-0.05, 0) is 17.5 Å². The van der Waals surface area contributed by atoms with Crippen LogP contribution in [0.5, 0.6) is 0 Å². The molecule has 1 aromatic heterocycles. The first-order chi connectivity index (χ1) is 11.2. The van der Waals surface area contributed by atoms with Crippen LogP contribution in [0.4, 0.5) is 10.7 Å². The van der Waals surface area contributed by atoms with Crippen LogP contribution >= 0.6 is 0 Å². The molecule has 0 bridgehead atoms. The Bertz CT molecular complexity index is 667. The van der Waals surface area contributed by atoms with E-state index in [-0.39, 0.29) is 12.1 Å². The third-order valence-corrected chi connectivity index (χ3v) is 3.93. The molecule has 1 N–H and O–H groups in total. The molecule has 7 nitrogen and oxygen atoms in total. The number of hydrogen-bond donors (Lipinski definition) is 1. The van der Waals surface area contributed by atoms with Gasteiger partial charge in [-0.15, -0.1) is 5.10 Å². The van der Waals surface area contributed by atoms with Gasteiger partial charge >= 0.3 is 6.03 Å². The molecule has 0 saturated carbocycles. The lowest BCUT2D eigenvalue weighted by molar-refractivity contribution is -0.0135. The van der Waals surface area contributed by atoms with Gasteiger partial charge in [-0.2, -0.15) is 0 Å². The minimum absolute atomic E-state index is 0.0999. The van der Waals surface area contributed by atoms with Gasteiger partial charge in [-0.1, -0.05) is 31.2 Å². The number of nitrogens with zero attached hydrogens (tertiary/aromatic N) is 4. The number of urea groups is 1. The van der Waals surface area contributed by atoms with Gasteiger partial charge in [0.1, 0.15) is 12.4 Å². The summed E-state index contributed by atoms with van der Waals surface area (Å²) >= 11 is 0. The number of rotatable bonds is 3. The van der Waals surface area contributed by atoms with Crippen LogP contribution in [0, 0.1) is 0 Å². The van der Waals surface area contributed by atoms with Crippen molar-refractivity contribution in [2.75, 3.05) is 25.0 Å². The lowest BCUT2D eigenvalue weighted by atomic mass is 10.0. The number of morpholine rings is 1. The van der Waals surface area contributed by atoms with Crippen LogP contribution in [-0.2, 0) is 18.2 Å². The Morgan fingerprint density at radius 1 is 1.39 bits per heavy atom. The summed E-state index contributed by atoms with van der Waals surface area (Å²) in [6.07, 6.45) is 2.46. The Hall–Kier alpha value is -2.41. The van der Waals surface area contributed by atoms with E-state index in [0.717, 1.165) is 12.0 Å². The summed E-state index contributed by atoms with van der Waals surface area (Å²) in [5.74, 6) is 0.313. The average Bonchev–Trinajstić information content (AvgIpc) is 3.00. The van der Waals surface area contributed by atoms with Gasteiger partial charge in [0.2, 0.25) is 5.95 Å². The number of aryl methyl sites for hydroxylation is 2. The number of benzene rings is 1. The van der Waals surface area contributed by atoms with Crippen molar-refractivity contribution in [2.45, 2.75) is 19.4 Å². The molecular weight excluding hydrogens is 294 g/mol. The zero-order valence-electron chi connectivity index (χ0n) is 13.4. The first-order valence-corrected chi connectivity index (χ1v) is 7.77. The lowest BCUT2D eigenvalue weighted by Gasteiger charge is -2.33. The fourth-order valence-corrected chi connectivity index (χ4v) is 2.57. The summed E-state index contributed by atoms with van der Waals surface area (Å²) < 4.78 is 7.36. The second-order valence-corrected chi connectivity index (χ2v) is 5.57. The van der Waals surface area contributed by atoms with E-state index >= 15 is 0 Å². The number of nitrogens with one attached hydrogen (secondary N) is 1. The van der Waals surface area contributed by atoms with Gasteiger partial charge in [0, 0.05) is 13.6 Å². The molecule has 3 rings (SSSR count). The van der Waals surface area contributed by atoms with Gasteiger partial charge in [0.15, 0.2) is 0 Å². The second-order valence-electron chi connectivity index (χ2n) is 5.57. The molecule has 0 aliphatic carbocycles. The Kier molecular flexibility index (Phi) is 4.57. The predicted molar refractivity (Wildman–Crippen MR) is 86.1 cm³/mol. The largest absolute Gasteiger partial charge is 0.370 e. The van der Waals surface area contributed by atoms with E-state index in [1.54, 1.807) is 23.0 Å². The fourth-order valence-electron chi connectivity index (χ4n) is 2.57. The van der Waals surface area contributed by atoms with E-state index < -0.39 is 0 Å². The van der Waals surface area contributed by atoms with Crippen molar-refractivity contribution in [3.63, 3.8) is 0 Å². The van der Waals surface area contributed by atoms with Crippen molar-refractivity contribution in [2.24, 2.45) is 7.05 Å². The maximum absolute atomic E-state index is 12.3. The molecule has 0 unspecified atom stereocenters. The molecule has 1 aromatic carbocycles. The van der Waals surface area contributed by atoms with E-state index in [2.05, 4.69) is 46.6 Å². The third-order valence-electron chi connectivity index (χ3n) is 3.93. The average molecular weight is 315 g/mol. The highest BCUT2D eigenvalue weighted by Gasteiger charge is 2.26. The van der Waals surface area contributed by atoms with Gasteiger partial charge in [0.25, 0.3) is 0 Å². The number of amides is 2. The highest BCUT2D eigenvalue weighted by Crippen LogP contribution is 2.23. The highest BCUT2D eigenvalue weighted by molar-refractivity contribution is 5.87. The number of hydrogen-bond acceptors (Lipinski definition) is 4. The van der Waals surface area contributed by atoms with Gasteiger partial charge in [-0.3, -0.25) is 10.00 Å². The minimum Gasteiger partial charge on any atom is -0.370 e. The predicted octanol–water partition coefficient (Wildman–Crippen LogP) is 1.98. The van der Waals surface area contributed by atoms with E-state index in [0.29, 0.717) is 25.6 Å². The van der Waals surface area contributed by atoms with Crippen LogP contribution in [0.15, 0.2) is 30.6 Å². The summed E-state index contributed by atoms with van der Waals surface area (Å²) in [5, 5.41) is 6.77. The van der Waals surface area contributed by atoms with Crippen LogP contribution in [-0.4, -0.2) is 45.4 Å². The van der Waals surface area contributed by atoms with Crippen LogP contribution in [0.1, 0.15) is 24.2 Å². The molecule has 0 spiro atoms. The SMILES string of the molecule is CCc1ccc([C@H]2CN(C(=O)Nc3ncn(C)n3)CCO2)cc1. The molecule has 122 valence electrons. The monoisotopic (exact) mass is 315 g/mol. The van der Waals surface area contributed by atoms with E-state index in [4.69, 9.17) is 4.74 Å². The van der Waals surface area contributed by atoms with Crippen LogP contribution in [0.3, 0.4) is 0 Å². The quantitative estimate of drug-likeness (QED) is 0.940. The summed E-state index contributed by atoms with van der Waals surface area (Å²) in [4.78, 5) is 18.1. The standard InChI is InChI=1S/C16H21N5O2/c1-3-12-4-6-13(7-5-12)14-10-21(8-9-23-14)16(22)18-15-17-11-20(2)19-15/h4-7,11,14H,3,8-10H2,1-2H3,(H,18,19,22)/t14-/m1/s1. The van der Waals surface area contributed by atoms with Crippen molar-refractivity contribution in [3.05, 3.63) is 41.7 Å². The number of aromatic nitrogens is 3. The van der Waals surface area contributed by atoms with E-state index in [1.165, 1.54) is 5.56 Å². The van der Waals surface area contributed by atoms with Gasteiger partial charge in [-0.25, -0.2) is 9.78 Å². The summed E-state index contributed by atoms with van der Waals surface area (Å²) in [6, 6.07) is 8.16. The van der Waals surface area contributed by atoms with Gasteiger partial charge in [0.05, 0.1) is 13.2 Å². The molecule has 1 aliphatic rings. The van der Waals surface area contributed by atoms with Crippen LogP contribution < -0.4 is 5.32 Å². The lowest BCUT2D eigenvalue weighted by Crippen LogP contribution is -2.44. The van der Waals surface area contributed by atoms with Crippen molar-refractivity contribution in [3.8, 4) is 0 Å². The summed E-state index contributed by atoms with van der Waals surface area (Å²) in [5.41, 5.74) is 2.39. The topological polar surface area (TPSA) is 72.3 Å². The molecule has 23 heavy (non-hydrogen) atoms. The Labute approximate surface area is 135 Å². The maximum atomic E-state index is 12.3. The third kappa shape index (κ3) is 3.68. The van der Waals surface area contributed by atoms with Crippen LogP contribution in [0.2, 0.25) is 0 Å². The summed E-state index contributed by atoms with van der Waals surface area (Å²) in [7, 11) is 1.76. The minimum atomic E-state index is -0.199. The fraction of sp³-hybridized carbons (Fsp3) is 0.438. The van der Waals surface area contributed by atoms with Crippen molar-refractivity contribution in [1.29, 1.82) is 0 Å². The molecule has 1 fully saturated rings. The molecule has 1 aliphatic heterocycles. The highest BCUT2D eigenvalue weighted by atomic mass is 16.5. The Morgan fingerprint density at radius 2 is 2.17 bits per heavy atom. The normalized spacial score (nSPS) is 18.0. The molecule has 2 aromatic rings. The number of ether oxygens (including phenoxy) is 1. The zero-order chi connectivity index (χ0) is 16.2. The first kappa shape index (κ1) is 15.5. The van der Waals surface area contributed by atoms with E-state index in [1.807, 2.05) is 0 Å². The zero-order valence-corrected chi connectivity index (χ0v) is 13.4. The molecule has 0 radical (unpaired) electrons. The molecule has 1 saturated heterocycles.